The number of aromatic nitrogens is 1. The molecule has 0 atom stereocenters. The Morgan fingerprint density at radius 1 is 0.943 bits per heavy atom. The Morgan fingerprint density at radius 2 is 1.74 bits per heavy atom. The largest absolute Gasteiger partial charge is 0.490 e. The molecule has 2 amide bonds. The van der Waals surface area contributed by atoms with E-state index < -0.39 is 34.8 Å². The van der Waals surface area contributed by atoms with Gasteiger partial charge in [0.05, 0.1) is 23.9 Å². The van der Waals surface area contributed by atoms with Crippen LogP contribution in [-0.4, -0.2) is 35.1 Å². The van der Waals surface area contributed by atoms with Crippen molar-refractivity contribution in [3.63, 3.8) is 0 Å². The number of hydrogen-bond acceptors (Lipinski definition) is 5. The zero-order valence-electron chi connectivity index (χ0n) is 18.0. The molecule has 0 spiro atoms. The summed E-state index contributed by atoms with van der Waals surface area (Å²) in [4.78, 5) is 29.4. The highest BCUT2D eigenvalue weighted by atomic mass is 19.2. The van der Waals surface area contributed by atoms with Gasteiger partial charge in [0.1, 0.15) is 18.2 Å². The molecule has 0 radical (unpaired) electrons. The summed E-state index contributed by atoms with van der Waals surface area (Å²) in [5.41, 5.74) is -0.0323. The molecular formula is C25H18F3N3O4. The van der Waals surface area contributed by atoms with Crippen LogP contribution in [0, 0.1) is 17.5 Å². The number of ketones is 1. The monoisotopic (exact) mass is 481 g/mol. The van der Waals surface area contributed by atoms with Gasteiger partial charge in [-0.15, -0.1) is 0 Å². The highest BCUT2D eigenvalue weighted by molar-refractivity contribution is 6.11. The third-order valence-corrected chi connectivity index (χ3v) is 4.89. The summed E-state index contributed by atoms with van der Waals surface area (Å²) in [6.07, 6.45) is 1.46. The van der Waals surface area contributed by atoms with E-state index in [1.165, 1.54) is 36.5 Å². The van der Waals surface area contributed by atoms with E-state index in [0.29, 0.717) is 16.7 Å². The lowest BCUT2D eigenvalue weighted by Gasteiger charge is -2.11. The second-order valence-corrected chi connectivity index (χ2v) is 7.39. The minimum atomic E-state index is -1.37. The number of benzene rings is 3. The van der Waals surface area contributed by atoms with Crippen molar-refractivity contribution in [2.75, 3.05) is 23.8 Å². The van der Waals surface area contributed by atoms with Crippen LogP contribution >= 0.6 is 0 Å². The summed E-state index contributed by atoms with van der Waals surface area (Å²) in [5, 5.41) is 14.1. The minimum absolute atomic E-state index is 0.0540. The van der Waals surface area contributed by atoms with Crippen molar-refractivity contribution >= 4 is 34.1 Å². The molecule has 4 aromatic rings. The fourth-order valence-electron chi connectivity index (χ4n) is 3.34. The summed E-state index contributed by atoms with van der Waals surface area (Å²) < 4.78 is 47.4. The van der Waals surface area contributed by atoms with Crippen LogP contribution in [0.2, 0.25) is 0 Å². The Kier molecular flexibility index (Phi) is 6.93. The van der Waals surface area contributed by atoms with E-state index in [4.69, 9.17) is 9.84 Å². The molecule has 7 nitrogen and oxygen atoms in total. The van der Waals surface area contributed by atoms with Crippen LogP contribution in [0.15, 0.2) is 66.9 Å². The van der Waals surface area contributed by atoms with Crippen LogP contribution in [0.5, 0.6) is 5.75 Å². The van der Waals surface area contributed by atoms with Gasteiger partial charge < -0.3 is 20.5 Å². The Bertz CT molecular complexity index is 1430. The van der Waals surface area contributed by atoms with E-state index in [0.717, 1.165) is 18.2 Å². The van der Waals surface area contributed by atoms with Crippen molar-refractivity contribution in [3.8, 4) is 5.75 Å². The molecule has 3 N–H and O–H groups in total. The van der Waals surface area contributed by atoms with Crippen molar-refractivity contribution in [2.45, 2.75) is 0 Å². The van der Waals surface area contributed by atoms with Crippen molar-refractivity contribution < 1.29 is 32.6 Å². The molecule has 1 aromatic heterocycles. The fourth-order valence-corrected chi connectivity index (χ4v) is 3.34. The molecule has 10 heteroatoms. The first kappa shape index (κ1) is 23.7. The summed E-state index contributed by atoms with van der Waals surface area (Å²) in [6.45, 7) is -0.130. The molecule has 1 heterocycles. The first-order valence-corrected chi connectivity index (χ1v) is 10.3. The molecule has 0 aliphatic heterocycles. The number of carbonyl (C=O) groups is 2. The molecule has 0 fully saturated rings. The second-order valence-electron chi connectivity index (χ2n) is 7.39. The number of rotatable bonds is 7. The Balaban J connectivity index is 1.59. The number of amides is 2. The average Bonchev–Trinajstić information content (AvgIpc) is 2.83. The van der Waals surface area contributed by atoms with Crippen molar-refractivity contribution in [2.24, 2.45) is 0 Å². The molecule has 35 heavy (non-hydrogen) atoms. The highest BCUT2D eigenvalue weighted by Gasteiger charge is 2.20. The van der Waals surface area contributed by atoms with Crippen LogP contribution in [-0.2, 0) is 0 Å². The van der Waals surface area contributed by atoms with Gasteiger partial charge >= 0.3 is 6.03 Å². The van der Waals surface area contributed by atoms with E-state index in [1.807, 2.05) is 0 Å². The van der Waals surface area contributed by atoms with Crippen LogP contribution in [0.4, 0.5) is 29.3 Å². The Hall–Kier alpha value is -4.44. The van der Waals surface area contributed by atoms with Gasteiger partial charge in [0.15, 0.2) is 17.4 Å². The standard InChI is InChI=1S/C25H18F3N3O4/c26-16-2-1-3-17(10-16)30-25(34)31-18-11-20(23(28)21(27)12-18)24(33)14-4-5-22-15(8-14)9-19(13-29-22)35-7-6-32/h1-5,8-13,32H,6-7H2,(H2,30,31,34). The number of aliphatic hydroxyl groups is 1. The smallest absolute Gasteiger partial charge is 0.323 e. The molecule has 0 saturated carbocycles. The van der Waals surface area contributed by atoms with Crippen LogP contribution in [0.25, 0.3) is 10.9 Å². The zero-order valence-corrected chi connectivity index (χ0v) is 18.0. The van der Waals surface area contributed by atoms with Gasteiger partial charge in [0.25, 0.3) is 0 Å². The van der Waals surface area contributed by atoms with Gasteiger partial charge in [0.2, 0.25) is 0 Å². The normalized spacial score (nSPS) is 10.7. The summed E-state index contributed by atoms with van der Waals surface area (Å²) in [5.74, 6) is -3.73. The van der Waals surface area contributed by atoms with Gasteiger partial charge in [-0.2, -0.15) is 0 Å². The summed E-state index contributed by atoms with van der Waals surface area (Å²) in [6, 6.07) is 12.0. The summed E-state index contributed by atoms with van der Waals surface area (Å²) >= 11 is 0. The fraction of sp³-hybridized carbons (Fsp3) is 0.0800. The SMILES string of the molecule is O=C(Nc1cccc(F)c1)Nc1cc(F)c(F)c(C(=O)c2ccc3ncc(OCCO)cc3c2)c1. The molecule has 3 aromatic carbocycles. The predicted octanol–water partition coefficient (Wildman–Crippen LogP) is 4.90. The molecule has 4 rings (SSSR count). The number of ether oxygens (including phenoxy) is 1. The molecule has 0 bridgehead atoms. The first-order valence-electron chi connectivity index (χ1n) is 10.3. The maximum Gasteiger partial charge on any atom is 0.323 e. The number of aliphatic hydroxyl groups excluding tert-OH is 1. The lowest BCUT2D eigenvalue weighted by Crippen LogP contribution is -2.20. The number of nitrogens with zero attached hydrogens (tertiary/aromatic N) is 1. The first-order chi connectivity index (χ1) is 16.8. The van der Waals surface area contributed by atoms with Crippen molar-refractivity contribution in [3.05, 3.63) is 95.4 Å². The maximum absolute atomic E-state index is 14.5. The molecular weight excluding hydrogens is 463 g/mol. The lowest BCUT2D eigenvalue weighted by molar-refractivity contribution is 0.103. The number of urea groups is 1. The topological polar surface area (TPSA) is 101 Å². The number of nitrogens with one attached hydrogen (secondary N) is 2. The molecule has 0 aliphatic rings. The molecule has 0 saturated heterocycles. The third-order valence-electron chi connectivity index (χ3n) is 4.89. The number of carbonyl (C=O) groups excluding carboxylic acids is 2. The number of halogens is 3. The van der Waals surface area contributed by atoms with Crippen LogP contribution in [0.3, 0.4) is 0 Å². The number of anilines is 2. The third kappa shape index (κ3) is 5.56. The number of fused-ring (bicyclic) bond motifs is 1. The van der Waals surface area contributed by atoms with Crippen molar-refractivity contribution in [1.82, 2.24) is 4.98 Å². The van der Waals surface area contributed by atoms with Gasteiger partial charge in [0, 0.05) is 28.4 Å². The number of pyridine rings is 1. The predicted molar refractivity (Wildman–Crippen MR) is 123 cm³/mol. The van der Waals surface area contributed by atoms with E-state index in [2.05, 4.69) is 15.6 Å². The van der Waals surface area contributed by atoms with Gasteiger partial charge in [-0.3, -0.25) is 9.78 Å². The zero-order chi connectivity index (χ0) is 24.9. The molecule has 0 aliphatic carbocycles. The van der Waals surface area contributed by atoms with E-state index in [9.17, 15) is 22.8 Å². The lowest BCUT2D eigenvalue weighted by atomic mass is 10.00. The molecule has 178 valence electrons. The average molecular weight is 481 g/mol. The summed E-state index contributed by atoms with van der Waals surface area (Å²) in [7, 11) is 0. The Morgan fingerprint density at radius 3 is 2.51 bits per heavy atom. The maximum atomic E-state index is 14.5. The Labute approximate surface area is 197 Å². The number of hydrogen-bond donors (Lipinski definition) is 3. The van der Waals surface area contributed by atoms with Gasteiger partial charge in [-0.25, -0.2) is 18.0 Å². The van der Waals surface area contributed by atoms with Gasteiger partial charge in [-0.05, 0) is 48.5 Å². The highest BCUT2D eigenvalue weighted by Crippen LogP contribution is 2.25. The van der Waals surface area contributed by atoms with E-state index in [1.54, 1.807) is 12.1 Å². The van der Waals surface area contributed by atoms with Crippen LogP contribution < -0.4 is 15.4 Å². The molecule has 0 unspecified atom stereocenters. The van der Waals surface area contributed by atoms with E-state index >= 15 is 0 Å². The second kappa shape index (κ2) is 10.2. The van der Waals surface area contributed by atoms with Crippen LogP contribution in [0.1, 0.15) is 15.9 Å². The van der Waals surface area contributed by atoms with Crippen molar-refractivity contribution in [1.29, 1.82) is 0 Å². The minimum Gasteiger partial charge on any atom is -0.490 e. The quantitative estimate of drug-likeness (QED) is 0.326. The van der Waals surface area contributed by atoms with E-state index in [-0.39, 0.29) is 30.2 Å². The van der Waals surface area contributed by atoms with Gasteiger partial charge in [-0.1, -0.05) is 6.07 Å².